The molecule has 2 aromatic rings. The Morgan fingerprint density at radius 2 is 1.74 bits per heavy atom. The minimum Gasteiger partial charge on any atom is -0.322 e. The lowest BCUT2D eigenvalue weighted by Gasteiger charge is -2.13. The minimum atomic E-state index is -3.76. The molecule has 0 aliphatic carbocycles. The SMILES string of the molecule is CN(C)S(=O)(=O)c1ccc(F)c(C(=O)Nc2ccc(Cl)cc2)c1. The molecule has 23 heavy (non-hydrogen) atoms. The Kier molecular flexibility index (Phi) is 5.03. The van der Waals surface area contributed by atoms with Crippen LogP contribution in [0.1, 0.15) is 10.4 Å². The predicted molar refractivity (Wildman–Crippen MR) is 86.7 cm³/mol. The maximum Gasteiger partial charge on any atom is 0.258 e. The van der Waals surface area contributed by atoms with Crippen molar-refractivity contribution in [1.29, 1.82) is 0 Å². The standard InChI is InChI=1S/C15H14ClFN2O3S/c1-19(2)23(21,22)12-7-8-14(17)13(9-12)15(20)18-11-5-3-10(16)4-6-11/h3-9H,1-2H3,(H,18,20). The van der Waals surface area contributed by atoms with Gasteiger partial charge in [0.25, 0.3) is 5.91 Å². The maximum atomic E-state index is 13.9. The fourth-order valence-corrected chi connectivity index (χ4v) is 2.84. The summed E-state index contributed by atoms with van der Waals surface area (Å²) in [6, 6.07) is 9.32. The molecule has 0 aromatic heterocycles. The van der Waals surface area contributed by atoms with Gasteiger partial charge in [-0.1, -0.05) is 11.6 Å². The molecule has 0 fully saturated rings. The van der Waals surface area contributed by atoms with E-state index in [-0.39, 0.29) is 10.5 Å². The molecule has 0 spiro atoms. The van der Waals surface area contributed by atoms with Gasteiger partial charge in [0, 0.05) is 24.8 Å². The highest BCUT2D eigenvalue weighted by molar-refractivity contribution is 7.89. The number of amides is 1. The normalized spacial score (nSPS) is 11.5. The van der Waals surface area contributed by atoms with Gasteiger partial charge in [0.15, 0.2) is 0 Å². The Labute approximate surface area is 138 Å². The number of carbonyl (C=O) groups excluding carboxylic acids is 1. The van der Waals surface area contributed by atoms with Gasteiger partial charge in [0.1, 0.15) is 5.82 Å². The number of hydrogen-bond acceptors (Lipinski definition) is 3. The van der Waals surface area contributed by atoms with Gasteiger partial charge in [-0.3, -0.25) is 4.79 Å². The van der Waals surface area contributed by atoms with Crippen LogP contribution in [0.3, 0.4) is 0 Å². The summed E-state index contributed by atoms with van der Waals surface area (Å²) in [7, 11) is -1.05. The van der Waals surface area contributed by atoms with Crippen LogP contribution in [0.2, 0.25) is 5.02 Å². The first-order chi connectivity index (χ1) is 10.7. The zero-order chi connectivity index (χ0) is 17.2. The van der Waals surface area contributed by atoms with Crippen LogP contribution < -0.4 is 5.32 Å². The second-order valence-electron chi connectivity index (χ2n) is 4.89. The first kappa shape index (κ1) is 17.4. The third kappa shape index (κ3) is 3.87. The van der Waals surface area contributed by atoms with Gasteiger partial charge in [0.05, 0.1) is 10.5 Å². The fourth-order valence-electron chi connectivity index (χ4n) is 1.78. The van der Waals surface area contributed by atoms with E-state index in [1.165, 1.54) is 14.1 Å². The van der Waals surface area contributed by atoms with E-state index in [4.69, 9.17) is 11.6 Å². The molecule has 0 radical (unpaired) electrons. The second kappa shape index (κ2) is 6.66. The Morgan fingerprint density at radius 3 is 2.30 bits per heavy atom. The van der Waals surface area contributed by atoms with Gasteiger partial charge in [-0.05, 0) is 42.5 Å². The summed E-state index contributed by atoms with van der Waals surface area (Å²) in [5.74, 6) is -1.56. The second-order valence-corrected chi connectivity index (χ2v) is 7.48. The lowest BCUT2D eigenvalue weighted by atomic mass is 10.2. The van der Waals surface area contributed by atoms with Crippen LogP contribution in [-0.4, -0.2) is 32.7 Å². The summed E-state index contributed by atoms with van der Waals surface area (Å²) in [6.07, 6.45) is 0. The van der Waals surface area contributed by atoms with Crippen LogP contribution in [0.4, 0.5) is 10.1 Å². The topological polar surface area (TPSA) is 66.5 Å². The molecule has 122 valence electrons. The summed E-state index contributed by atoms with van der Waals surface area (Å²) in [6.45, 7) is 0. The van der Waals surface area contributed by atoms with Gasteiger partial charge in [0.2, 0.25) is 10.0 Å². The highest BCUT2D eigenvalue weighted by Gasteiger charge is 2.21. The molecule has 0 saturated carbocycles. The van der Waals surface area contributed by atoms with E-state index in [1.54, 1.807) is 24.3 Å². The maximum absolute atomic E-state index is 13.9. The Bertz CT molecular complexity index is 836. The molecule has 1 amide bonds. The summed E-state index contributed by atoms with van der Waals surface area (Å²) >= 11 is 5.75. The first-order valence-corrected chi connectivity index (χ1v) is 8.32. The van der Waals surface area contributed by atoms with Crippen LogP contribution in [0.15, 0.2) is 47.4 Å². The first-order valence-electron chi connectivity index (χ1n) is 6.51. The molecule has 0 unspecified atom stereocenters. The van der Waals surface area contributed by atoms with Crippen molar-refractivity contribution in [2.24, 2.45) is 0 Å². The van der Waals surface area contributed by atoms with Crippen LogP contribution in [-0.2, 0) is 10.0 Å². The van der Waals surface area contributed by atoms with E-state index in [0.717, 1.165) is 22.5 Å². The van der Waals surface area contributed by atoms with Crippen LogP contribution in [0, 0.1) is 5.82 Å². The molecule has 1 N–H and O–H groups in total. The number of halogens is 2. The lowest BCUT2D eigenvalue weighted by Crippen LogP contribution is -2.23. The van der Waals surface area contributed by atoms with Crippen LogP contribution in [0.25, 0.3) is 0 Å². The van der Waals surface area contributed by atoms with Gasteiger partial charge in [-0.2, -0.15) is 0 Å². The molecule has 0 aliphatic heterocycles. The Morgan fingerprint density at radius 1 is 1.13 bits per heavy atom. The molecule has 5 nitrogen and oxygen atoms in total. The third-order valence-electron chi connectivity index (χ3n) is 3.06. The highest BCUT2D eigenvalue weighted by atomic mass is 35.5. The molecule has 8 heteroatoms. The molecule has 2 aromatic carbocycles. The van der Waals surface area contributed by atoms with Crippen molar-refractivity contribution < 1.29 is 17.6 Å². The van der Waals surface area contributed by atoms with E-state index in [0.29, 0.717) is 10.7 Å². The summed E-state index contributed by atoms with van der Waals surface area (Å²) < 4.78 is 39.0. The van der Waals surface area contributed by atoms with Gasteiger partial charge < -0.3 is 5.32 Å². The number of sulfonamides is 1. The van der Waals surface area contributed by atoms with Gasteiger partial charge >= 0.3 is 0 Å². The average molecular weight is 357 g/mol. The van der Waals surface area contributed by atoms with Crippen molar-refractivity contribution in [3.05, 3.63) is 58.9 Å². The molecular formula is C15H14ClFN2O3S. The van der Waals surface area contributed by atoms with Crippen molar-refractivity contribution in [3.8, 4) is 0 Å². The van der Waals surface area contributed by atoms with E-state index in [1.807, 2.05) is 0 Å². The number of nitrogens with one attached hydrogen (secondary N) is 1. The molecule has 0 atom stereocenters. The summed E-state index contributed by atoms with van der Waals surface area (Å²) in [5.41, 5.74) is 0.0579. The zero-order valence-electron chi connectivity index (χ0n) is 12.4. The number of anilines is 1. The fraction of sp³-hybridized carbons (Fsp3) is 0.133. The quantitative estimate of drug-likeness (QED) is 0.915. The minimum absolute atomic E-state index is 0.162. The van der Waals surface area contributed by atoms with Gasteiger partial charge in [-0.15, -0.1) is 0 Å². The van der Waals surface area contributed by atoms with Crippen molar-refractivity contribution >= 4 is 33.2 Å². The van der Waals surface area contributed by atoms with Crippen LogP contribution >= 0.6 is 11.6 Å². The number of rotatable bonds is 4. The Hall–Kier alpha value is -1.96. The van der Waals surface area contributed by atoms with Crippen molar-refractivity contribution in [3.63, 3.8) is 0 Å². The molecule has 0 aliphatic rings. The van der Waals surface area contributed by atoms with Crippen LogP contribution in [0.5, 0.6) is 0 Å². The third-order valence-corrected chi connectivity index (χ3v) is 5.13. The molecular weight excluding hydrogens is 343 g/mol. The lowest BCUT2D eigenvalue weighted by molar-refractivity contribution is 0.102. The zero-order valence-corrected chi connectivity index (χ0v) is 14.0. The van der Waals surface area contributed by atoms with Crippen molar-refractivity contribution in [2.75, 3.05) is 19.4 Å². The van der Waals surface area contributed by atoms with E-state index >= 15 is 0 Å². The van der Waals surface area contributed by atoms with Gasteiger partial charge in [-0.25, -0.2) is 17.1 Å². The molecule has 0 bridgehead atoms. The summed E-state index contributed by atoms with van der Waals surface area (Å²) in [4.78, 5) is 12.0. The van der Waals surface area contributed by atoms with E-state index in [2.05, 4.69) is 5.32 Å². The number of benzene rings is 2. The average Bonchev–Trinajstić information content (AvgIpc) is 2.49. The van der Waals surface area contributed by atoms with E-state index < -0.39 is 21.7 Å². The predicted octanol–water partition coefficient (Wildman–Crippen LogP) is 2.98. The van der Waals surface area contributed by atoms with E-state index in [9.17, 15) is 17.6 Å². The Balaban J connectivity index is 2.35. The highest BCUT2D eigenvalue weighted by Crippen LogP contribution is 2.20. The number of hydrogen-bond donors (Lipinski definition) is 1. The largest absolute Gasteiger partial charge is 0.322 e. The van der Waals surface area contributed by atoms with Crippen molar-refractivity contribution in [2.45, 2.75) is 4.90 Å². The smallest absolute Gasteiger partial charge is 0.258 e. The summed E-state index contributed by atoms with van der Waals surface area (Å²) in [5, 5.41) is 2.98. The number of carbonyl (C=O) groups is 1. The molecule has 2 rings (SSSR count). The van der Waals surface area contributed by atoms with Crippen molar-refractivity contribution in [1.82, 2.24) is 4.31 Å². The monoisotopic (exact) mass is 356 g/mol. The molecule has 0 saturated heterocycles. The molecule has 0 heterocycles. The number of nitrogens with zero attached hydrogens (tertiary/aromatic N) is 1.